The second-order valence-electron chi connectivity index (χ2n) is 11.3. The zero-order chi connectivity index (χ0) is 25.0. The number of aromatic nitrogens is 1. The van der Waals surface area contributed by atoms with Crippen LogP contribution in [-0.4, -0.2) is 4.98 Å². The minimum Gasteiger partial charge on any atom is -0.453 e. The van der Waals surface area contributed by atoms with Gasteiger partial charge in [-0.15, -0.1) is 11.3 Å². The molecule has 0 unspecified atom stereocenters. The van der Waals surface area contributed by atoms with Gasteiger partial charge in [0.25, 0.3) is 0 Å². The Kier molecular flexibility index (Phi) is 5.49. The molecule has 6 rings (SSSR count). The fourth-order valence-electron chi connectivity index (χ4n) is 5.17. The number of fused-ring (bicyclic) bond motifs is 3. The number of furan rings is 1. The molecule has 2 nitrogen and oxygen atoms in total. The van der Waals surface area contributed by atoms with Crippen molar-refractivity contribution in [3.05, 3.63) is 90.1 Å². The molecule has 180 valence electrons. The molecule has 0 N–H and O–H groups in total. The summed E-state index contributed by atoms with van der Waals surface area (Å²) in [5.41, 5.74) is 5.58. The molecule has 0 aliphatic heterocycles. The fourth-order valence-corrected chi connectivity index (χ4v) is 6.17. The summed E-state index contributed by atoms with van der Waals surface area (Å²) in [7, 11) is 0. The summed E-state index contributed by atoms with van der Waals surface area (Å²) in [5.74, 6) is 1.55. The lowest BCUT2D eigenvalue weighted by Crippen LogP contribution is -2.12. The number of thiophene rings is 1. The Bertz CT molecular complexity index is 1730. The quantitative estimate of drug-likeness (QED) is 0.246. The minimum atomic E-state index is 0.0172. The minimum absolute atomic E-state index is 0.0172. The van der Waals surface area contributed by atoms with Crippen LogP contribution in [-0.2, 0) is 11.8 Å². The number of nitrogens with zero attached hydrogens (tertiary/aromatic N) is 1. The molecule has 0 aliphatic carbocycles. The summed E-state index contributed by atoms with van der Waals surface area (Å²) in [6.45, 7) is 11.3. The largest absolute Gasteiger partial charge is 0.453 e. The summed E-state index contributed by atoms with van der Waals surface area (Å²) < 4.78 is 7.84. The van der Waals surface area contributed by atoms with Crippen LogP contribution in [0, 0.1) is 5.92 Å². The van der Waals surface area contributed by atoms with Gasteiger partial charge in [0.2, 0.25) is 0 Å². The van der Waals surface area contributed by atoms with Crippen LogP contribution in [0.1, 0.15) is 45.7 Å². The van der Waals surface area contributed by atoms with Gasteiger partial charge in [-0.05, 0) is 81.4 Å². The number of benzene rings is 3. The molecular formula is C33H31NOS. The lowest BCUT2D eigenvalue weighted by atomic mass is 9.82. The summed E-state index contributed by atoms with van der Waals surface area (Å²) in [4.78, 5) is 5.96. The Hall–Kier alpha value is -3.43. The topological polar surface area (TPSA) is 26.0 Å². The smallest absolute Gasteiger partial charge is 0.161 e. The average Bonchev–Trinajstić information content (AvgIpc) is 3.46. The average molecular weight is 490 g/mol. The van der Waals surface area contributed by atoms with Crippen molar-refractivity contribution in [1.82, 2.24) is 4.98 Å². The van der Waals surface area contributed by atoms with Crippen molar-refractivity contribution in [3.63, 3.8) is 0 Å². The van der Waals surface area contributed by atoms with Crippen molar-refractivity contribution in [3.8, 4) is 21.9 Å². The molecule has 0 atom stereocenters. The van der Waals surface area contributed by atoms with Crippen LogP contribution in [0.25, 0.3) is 53.7 Å². The number of hydrogen-bond donors (Lipinski definition) is 0. The van der Waals surface area contributed by atoms with Gasteiger partial charge in [-0.1, -0.05) is 71.0 Å². The van der Waals surface area contributed by atoms with E-state index in [1.165, 1.54) is 32.0 Å². The first-order valence-corrected chi connectivity index (χ1v) is 13.5. The highest BCUT2D eigenvalue weighted by Gasteiger charge is 2.20. The van der Waals surface area contributed by atoms with Crippen LogP contribution in [0.2, 0.25) is 0 Å². The highest BCUT2D eigenvalue weighted by molar-refractivity contribution is 7.22. The highest BCUT2D eigenvalue weighted by Crippen LogP contribution is 2.40. The SMILES string of the molecule is CC(C)Cc1ccc2sc(-c3cc4ccnc(-c5cc(C(C)(C)C)c6ccccc6c5)c4o3)cc2c1. The summed E-state index contributed by atoms with van der Waals surface area (Å²) >= 11 is 1.79. The summed E-state index contributed by atoms with van der Waals surface area (Å²) in [5, 5.41) is 4.89. The highest BCUT2D eigenvalue weighted by atomic mass is 32.1. The van der Waals surface area contributed by atoms with Gasteiger partial charge in [0.15, 0.2) is 5.58 Å². The lowest BCUT2D eigenvalue weighted by Gasteiger charge is -2.22. The predicted molar refractivity (Wildman–Crippen MR) is 155 cm³/mol. The maximum absolute atomic E-state index is 6.55. The van der Waals surface area contributed by atoms with Gasteiger partial charge in [0.05, 0.1) is 4.88 Å². The molecule has 3 aromatic carbocycles. The molecule has 36 heavy (non-hydrogen) atoms. The van der Waals surface area contributed by atoms with Crippen molar-refractivity contribution in [2.45, 2.75) is 46.5 Å². The third-order valence-corrected chi connectivity index (χ3v) is 7.98. The molecule has 0 amide bonds. The first-order valence-electron chi connectivity index (χ1n) is 12.7. The van der Waals surface area contributed by atoms with Crippen LogP contribution in [0.3, 0.4) is 0 Å². The Balaban J connectivity index is 1.48. The van der Waals surface area contributed by atoms with Crippen LogP contribution >= 0.6 is 11.3 Å². The summed E-state index contributed by atoms with van der Waals surface area (Å²) in [6.07, 6.45) is 3.00. The number of hydrogen-bond acceptors (Lipinski definition) is 3. The maximum atomic E-state index is 6.55. The molecular weight excluding hydrogens is 458 g/mol. The Morgan fingerprint density at radius 3 is 2.50 bits per heavy atom. The van der Waals surface area contributed by atoms with Crippen molar-refractivity contribution in [2.24, 2.45) is 5.92 Å². The normalized spacial score (nSPS) is 12.4. The van der Waals surface area contributed by atoms with Crippen molar-refractivity contribution >= 4 is 43.2 Å². The van der Waals surface area contributed by atoms with Gasteiger partial charge in [-0.2, -0.15) is 0 Å². The molecule has 0 spiro atoms. The fraction of sp³-hybridized carbons (Fsp3) is 0.242. The van der Waals surface area contributed by atoms with E-state index in [0.717, 1.165) is 39.3 Å². The molecule has 0 bridgehead atoms. The van der Waals surface area contributed by atoms with Crippen LogP contribution < -0.4 is 0 Å². The van der Waals surface area contributed by atoms with E-state index in [1.807, 2.05) is 12.3 Å². The molecule has 0 saturated carbocycles. The first-order chi connectivity index (χ1) is 17.3. The maximum Gasteiger partial charge on any atom is 0.161 e. The van der Waals surface area contributed by atoms with Gasteiger partial charge in [0, 0.05) is 21.8 Å². The van der Waals surface area contributed by atoms with E-state index in [9.17, 15) is 0 Å². The lowest BCUT2D eigenvalue weighted by molar-refractivity contribution is 0.596. The van der Waals surface area contributed by atoms with E-state index in [1.54, 1.807) is 11.3 Å². The molecule has 0 saturated heterocycles. The third-order valence-electron chi connectivity index (χ3n) is 6.84. The van der Waals surface area contributed by atoms with Crippen molar-refractivity contribution < 1.29 is 4.42 Å². The van der Waals surface area contributed by atoms with E-state index in [-0.39, 0.29) is 5.41 Å². The van der Waals surface area contributed by atoms with E-state index < -0.39 is 0 Å². The molecule has 0 radical (unpaired) electrons. The number of pyridine rings is 1. The monoisotopic (exact) mass is 489 g/mol. The van der Waals surface area contributed by atoms with Crippen molar-refractivity contribution in [1.29, 1.82) is 0 Å². The van der Waals surface area contributed by atoms with Crippen molar-refractivity contribution in [2.75, 3.05) is 0 Å². The standard InChI is InChI=1S/C33H31NOS/c1-20(2)14-21-10-11-29-24(15-21)19-30(36-29)28-18-23-12-13-34-31(32(23)35-28)25-16-22-8-6-7-9-26(22)27(17-25)33(3,4)5/h6-13,15-20H,14H2,1-5H3. The van der Waals surface area contributed by atoms with E-state index in [4.69, 9.17) is 9.40 Å². The molecule has 3 heterocycles. The van der Waals surface area contributed by atoms with Gasteiger partial charge < -0.3 is 4.42 Å². The van der Waals surface area contributed by atoms with Gasteiger partial charge in [-0.3, -0.25) is 4.98 Å². The summed E-state index contributed by atoms with van der Waals surface area (Å²) in [6, 6.07) is 26.5. The second kappa shape index (κ2) is 8.60. The Morgan fingerprint density at radius 1 is 0.861 bits per heavy atom. The molecule has 3 heteroatoms. The molecule has 0 fully saturated rings. The van der Waals surface area contributed by atoms with E-state index in [2.05, 4.69) is 101 Å². The Labute approximate surface area is 216 Å². The number of rotatable bonds is 4. The van der Waals surface area contributed by atoms with Crippen LogP contribution in [0.15, 0.2) is 83.4 Å². The third kappa shape index (κ3) is 4.12. The van der Waals surface area contributed by atoms with Crippen LogP contribution in [0.5, 0.6) is 0 Å². The van der Waals surface area contributed by atoms with Gasteiger partial charge in [-0.25, -0.2) is 0 Å². The van der Waals surface area contributed by atoms with Gasteiger partial charge >= 0.3 is 0 Å². The van der Waals surface area contributed by atoms with E-state index >= 15 is 0 Å². The Morgan fingerprint density at radius 2 is 1.69 bits per heavy atom. The zero-order valence-electron chi connectivity index (χ0n) is 21.6. The molecule has 6 aromatic rings. The predicted octanol–water partition coefficient (Wildman–Crippen LogP) is 10.0. The molecule has 0 aliphatic rings. The van der Waals surface area contributed by atoms with Crippen LogP contribution in [0.4, 0.5) is 0 Å². The van der Waals surface area contributed by atoms with E-state index in [0.29, 0.717) is 5.92 Å². The second-order valence-corrected chi connectivity index (χ2v) is 12.3. The molecule has 3 aromatic heterocycles. The first kappa shape index (κ1) is 23.0. The zero-order valence-corrected chi connectivity index (χ0v) is 22.4. The van der Waals surface area contributed by atoms with Gasteiger partial charge in [0.1, 0.15) is 11.5 Å².